The van der Waals surface area contributed by atoms with Crippen molar-refractivity contribution >= 4 is 11.7 Å². The molecule has 25 heavy (non-hydrogen) atoms. The molecule has 4 rings (SSSR count). The third-order valence-corrected chi connectivity index (χ3v) is 5.58. The highest BCUT2D eigenvalue weighted by Crippen LogP contribution is 2.33. The molecule has 0 aliphatic carbocycles. The van der Waals surface area contributed by atoms with E-state index in [0.29, 0.717) is 44.8 Å². The summed E-state index contributed by atoms with van der Waals surface area (Å²) in [5.41, 5.74) is 1.48. The predicted molar refractivity (Wildman–Crippen MR) is 91.1 cm³/mol. The first kappa shape index (κ1) is 16.8. The maximum Gasteiger partial charge on any atom is 0.322 e. The number of fused-ring (bicyclic) bond motifs is 1. The monoisotopic (exact) mass is 349 g/mol. The van der Waals surface area contributed by atoms with Gasteiger partial charge in [-0.3, -0.25) is 0 Å². The van der Waals surface area contributed by atoms with E-state index in [1.165, 1.54) is 0 Å². The second-order valence-electron chi connectivity index (χ2n) is 7.02. The quantitative estimate of drug-likeness (QED) is 0.813. The molecule has 6 nitrogen and oxygen atoms in total. The Bertz CT molecular complexity index is 684. The smallest absolute Gasteiger partial charge is 0.322 e. The van der Waals surface area contributed by atoms with Gasteiger partial charge in [0.05, 0.1) is 24.9 Å². The summed E-state index contributed by atoms with van der Waals surface area (Å²) in [6.45, 7) is 5.48. The number of hydrogen-bond acceptors (Lipinski definition) is 4. The Morgan fingerprint density at radius 2 is 2.32 bits per heavy atom. The number of hydrogen-bond donors (Lipinski definition) is 2. The number of morpholine rings is 1. The van der Waals surface area contributed by atoms with Crippen molar-refractivity contribution < 1.29 is 18.7 Å². The van der Waals surface area contributed by atoms with Gasteiger partial charge in [0.1, 0.15) is 11.4 Å². The van der Waals surface area contributed by atoms with Crippen LogP contribution < -0.4 is 10.6 Å². The molecule has 1 aromatic rings. The van der Waals surface area contributed by atoms with Crippen LogP contribution in [-0.4, -0.2) is 55.5 Å². The minimum Gasteiger partial charge on any atom is -0.375 e. The average molecular weight is 349 g/mol. The van der Waals surface area contributed by atoms with Crippen molar-refractivity contribution in [3.05, 3.63) is 29.1 Å². The Balaban J connectivity index is 1.49. The number of amides is 2. The first-order valence-corrected chi connectivity index (χ1v) is 8.91. The molecule has 2 saturated heterocycles. The van der Waals surface area contributed by atoms with Crippen LogP contribution in [0.1, 0.15) is 24.5 Å². The lowest BCUT2D eigenvalue weighted by molar-refractivity contribution is -0.124. The van der Waals surface area contributed by atoms with Crippen molar-refractivity contribution in [3.8, 4) is 0 Å². The van der Waals surface area contributed by atoms with Gasteiger partial charge in [0, 0.05) is 26.1 Å². The van der Waals surface area contributed by atoms with E-state index in [1.54, 1.807) is 11.0 Å². The zero-order chi connectivity index (χ0) is 17.4. The molecule has 7 heteroatoms. The van der Waals surface area contributed by atoms with Gasteiger partial charge in [-0.2, -0.15) is 0 Å². The highest BCUT2D eigenvalue weighted by molar-refractivity contribution is 5.89. The Morgan fingerprint density at radius 1 is 1.44 bits per heavy atom. The number of carbonyl (C=O) groups excluding carboxylic acids is 1. The molecule has 2 unspecified atom stereocenters. The number of ether oxygens (including phenoxy) is 2. The van der Waals surface area contributed by atoms with Crippen molar-refractivity contribution in [2.24, 2.45) is 0 Å². The number of benzene rings is 1. The van der Waals surface area contributed by atoms with Crippen LogP contribution >= 0.6 is 0 Å². The summed E-state index contributed by atoms with van der Waals surface area (Å²) >= 11 is 0. The third kappa shape index (κ3) is 3.01. The van der Waals surface area contributed by atoms with Gasteiger partial charge in [-0.25, -0.2) is 9.18 Å². The first-order valence-electron chi connectivity index (χ1n) is 8.91. The van der Waals surface area contributed by atoms with E-state index in [9.17, 15) is 9.18 Å². The van der Waals surface area contributed by atoms with Gasteiger partial charge >= 0.3 is 6.03 Å². The largest absolute Gasteiger partial charge is 0.375 e. The maximum absolute atomic E-state index is 14.7. The molecule has 2 atom stereocenters. The number of carbonyl (C=O) groups is 1. The number of nitrogens with zero attached hydrogens (tertiary/aromatic N) is 1. The van der Waals surface area contributed by atoms with E-state index >= 15 is 0 Å². The molecule has 0 aromatic heterocycles. The van der Waals surface area contributed by atoms with Crippen LogP contribution in [0, 0.1) is 5.82 Å². The molecule has 2 fully saturated rings. The molecule has 136 valence electrons. The lowest BCUT2D eigenvalue weighted by Gasteiger charge is -2.41. The SMILES string of the molecule is CC1OCCC12CN(C(=O)Nc1ccc3c(c1F)CCNC3)CCO2. The van der Waals surface area contributed by atoms with Crippen LogP contribution in [0.2, 0.25) is 0 Å². The van der Waals surface area contributed by atoms with Gasteiger partial charge < -0.3 is 25.0 Å². The molecule has 0 radical (unpaired) electrons. The van der Waals surface area contributed by atoms with E-state index in [2.05, 4.69) is 10.6 Å². The fourth-order valence-electron chi connectivity index (χ4n) is 3.97. The van der Waals surface area contributed by atoms with Gasteiger partial charge in [0.25, 0.3) is 0 Å². The molecule has 3 heterocycles. The molecule has 3 aliphatic heterocycles. The number of halogens is 1. The Kier molecular flexibility index (Phi) is 4.39. The van der Waals surface area contributed by atoms with Crippen LogP contribution in [0.15, 0.2) is 12.1 Å². The van der Waals surface area contributed by atoms with Gasteiger partial charge in [0.2, 0.25) is 0 Å². The molecule has 3 aliphatic rings. The summed E-state index contributed by atoms with van der Waals surface area (Å²) < 4.78 is 26.3. The molecule has 2 amide bonds. The minimum atomic E-state index is -0.435. The normalized spacial score (nSPS) is 28.9. The molecule has 0 saturated carbocycles. The lowest BCUT2D eigenvalue weighted by Crippen LogP contribution is -2.57. The van der Waals surface area contributed by atoms with Crippen molar-refractivity contribution in [3.63, 3.8) is 0 Å². The topological polar surface area (TPSA) is 62.8 Å². The van der Waals surface area contributed by atoms with Gasteiger partial charge in [-0.15, -0.1) is 0 Å². The fraction of sp³-hybridized carbons (Fsp3) is 0.611. The Morgan fingerprint density at radius 3 is 3.12 bits per heavy atom. The number of rotatable bonds is 1. The number of urea groups is 1. The van der Waals surface area contributed by atoms with Crippen molar-refractivity contribution in [2.75, 3.05) is 38.2 Å². The van der Waals surface area contributed by atoms with E-state index in [1.807, 2.05) is 13.0 Å². The average Bonchev–Trinajstić information content (AvgIpc) is 2.97. The highest BCUT2D eigenvalue weighted by Gasteiger charge is 2.47. The van der Waals surface area contributed by atoms with Crippen LogP contribution in [0.5, 0.6) is 0 Å². The second kappa shape index (κ2) is 6.55. The third-order valence-electron chi connectivity index (χ3n) is 5.58. The number of anilines is 1. The molecule has 0 bridgehead atoms. The van der Waals surface area contributed by atoms with E-state index in [-0.39, 0.29) is 23.6 Å². The summed E-state index contributed by atoms with van der Waals surface area (Å²) in [6, 6.07) is 3.25. The second-order valence-corrected chi connectivity index (χ2v) is 7.02. The highest BCUT2D eigenvalue weighted by atomic mass is 19.1. The van der Waals surface area contributed by atoms with Crippen molar-refractivity contribution in [1.29, 1.82) is 0 Å². The first-order chi connectivity index (χ1) is 12.1. The zero-order valence-corrected chi connectivity index (χ0v) is 14.4. The van der Waals surface area contributed by atoms with Gasteiger partial charge in [-0.1, -0.05) is 6.07 Å². The molecule has 1 spiro atoms. The summed E-state index contributed by atoms with van der Waals surface area (Å²) in [5.74, 6) is -0.312. The van der Waals surface area contributed by atoms with E-state index in [4.69, 9.17) is 9.47 Å². The molecular weight excluding hydrogens is 325 g/mol. The Labute approximate surface area is 146 Å². The van der Waals surface area contributed by atoms with Gasteiger partial charge in [0.15, 0.2) is 0 Å². The molecular formula is C18H24FN3O3. The van der Waals surface area contributed by atoms with Crippen LogP contribution in [0.25, 0.3) is 0 Å². The minimum absolute atomic E-state index is 0.0453. The van der Waals surface area contributed by atoms with Gasteiger partial charge in [-0.05, 0) is 37.1 Å². The van der Waals surface area contributed by atoms with Crippen LogP contribution in [0.3, 0.4) is 0 Å². The summed E-state index contributed by atoms with van der Waals surface area (Å²) in [5, 5.41) is 5.97. The van der Waals surface area contributed by atoms with Crippen LogP contribution in [0.4, 0.5) is 14.9 Å². The summed E-state index contributed by atoms with van der Waals surface area (Å²) in [6.07, 6.45) is 1.37. The Hall–Kier alpha value is -1.70. The standard InChI is InChI=1S/C18H24FN3O3/c1-12-18(5-8-24-12)11-22(7-9-25-18)17(23)21-15-3-2-13-10-20-6-4-14(13)16(15)19/h2-3,12,20H,4-11H2,1H3,(H,21,23). The zero-order valence-electron chi connectivity index (χ0n) is 14.4. The predicted octanol–water partition coefficient (Wildman–Crippen LogP) is 1.88. The van der Waals surface area contributed by atoms with Crippen LogP contribution in [-0.2, 0) is 22.4 Å². The molecule has 1 aromatic carbocycles. The van der Waals surface area contributed by atoms with E-state index < -0.39 is 5.60 Å². The number of nitrogens with one attached hydrogen (secondary N) is 2. The summed E-state index contributed by atoms with van der Waals surface area (Å²) in [7, 11) is 0. The van der Waals surface area contributed by atoms with E-state index in [0.717, 1.165) is 18.5 Å². The lowest BCUT2D eigenvalue weighted by atomic mass is 9.94. The van der Waals surface area contributed by atoms with Crippen molar-refractivity contribution in [2.45, 2.75) is 38.0 Å². The fourth-order valence-corrected chi connectivity index (χ4v) is 3.97. The molecule has 2 N–H and O–H groups in total. The summed E-state index contributed by atoms with van der Waals surface area (Å²) in [4.78, 5) is 14.4. The van der Waals surface area contributed by atoms with Crippen molar-refractivity contribution in [1.82, 2.24) is 10.2 Å². The maximum atomic E-state index is 14.7.